The number of pyridine rings is 1. The van der Waals surface area contributed by atoms with Gasteiger partial charge in [-0.3, -0.25) is 4.79 Å². The minimum absolute atomic E-state index is 0.0682. The maximum atomic E-state index is 12.7. The molecule has 0 aromatic carbocycles. The molecule has 0 amide bonds. The summed E-state index contributed by atoms with van der Waals surface area (Å²) < 4.78 is 7.10. The zero-order valence-electron chi connectivity index (χ0n) is 12.5. The lowest BCUT2D eigenvalue weighted by molar-refractivity contribution is 0.390. The summed E-state index contributed by atoms with van der Waals surface area (Å²) in [5, 5.41) is 9.47. The third-order valence-corrected chi connectivity index (χ3v) is 4.96. The first-order valence-corrected chi connectivity index (χ1v) is 7.60. The van der Waals surface area contributed by atoms with E-state index in [9.17, 15) is 10.1 Å². The number of hydrogen-bond donors (Lipinski definition) is 1. The number of aryl methyl sites for hydroxylation is 2. The fourth-order valence-corrected chi connectivity index (χ4v) is 3.63. The van der Waals surface area contributed by atoms with E-state index in [1.165, 1.54) is 0 Å². The smallest absolute Gasteiger partial charge is 0.258 e. The standard InChI is InChI=1S/C16H15N3O2S/c1-8-6-11-14(16(20)19(8)3)13(10(7-17)15(18)21-11)12-5-4-9(2)22-12/h4-6,13H,18H2,1-3H3/t13-/m0/s1. The summed E-state index contributed by atoms with van der Waals surface area (Å²) in [5.41, 5.74) is 7.28. The number of nitrogens with two attached hydrogens (primary N) is 1. The molecule has 22 heavy (non-hydrogen) atoms. The van der Waals surface area contributed by atoms with Crippen LogP contribution in [0.3, 0.4) is 0 Å². The Kier molecular flexibility index (Phi) is 3.30. The molecule has 1 atom stereocenters. The number of fused-ring (bicyclic) bond motifs is 1. The van der Waals surface area contributed by atoms with Crippen LogP contribution in [0.1, 0.15) is 26.9 Å². The van der Waals surface area contributed by atoms with Gasteiger partial charge in [0, 0.05) is 28.6 Å². The van der Waals surface area contributed by atoms with Crippen molar-refractivity contribution in [1.29, 1.82) is 5.26 Å². The summed E-state index contributed by atoms with van der Waals surface area (Å²) in [4.78, 5) is 14.7. The monoisotopic (exact) mass is 313 g/mol. The van der Waals surface area contributed by atoms with Crippen LogP contribution in [0.25, 0.3) is 0 Å². The molecular formula is C16H15N3O2S. The second-order valence-corrected chi connectivity index (χ2v) is 6.62. The van der Waals surface area contributed by atoms with Gasteiger partial charge in [0.05, 0.1) is 11.5 Å². The van der Waals surface area contributed by atoms with Crippen LogP contribution in [0.15, 0.2) is 34.4 Å². The molecule has 0 fully saturated rings. The lowest BCUT2D eigenvalue weighted by Crippen LogP contribution is -2.31. The molecular weight excluding hydrogens is 298 g/mol. The van der Waals surface area contributed by atoms with Gasteiger partial charge in [-0.2, -0.15) is 5.26 Å². The summed E-state index contributed by atoms with van der Waals surface area (Å²) in [6.07, 6.45) is 0. The number of allylic oxidation sites excluding steroid dienone is 1. The van der Waals surface area contributed by atoms with Gasteiger partial charge in [0.25, 0.3) is 5.56 Å². The Morgan fingerprint density at radius 1 is 1.41 bits per heavy atom. The average Bonchev–Trinajstić information content (AvgIpc) is 2.90. The van der Waals surface area contributed by atoms with Gasteiger partial charge in [-0.25, -0.2) is 0 Å². The van der Waals surface area contributed by atoms with Crippen LogP contribution in [-0.2, 0) is 7.05 Å². The zero-order chi connectivity index (χ0) is 16.0. The van der Waals surface area contributed by atoms with E-state index in [0.29, 0.717) is 11.3 Å². The lowest BCUT2D eigenvalue weighted by atomic mass is 9.88. The molecule has 0 aliphatic carbocycles. The van der Waals surface area contributed by atoms with Crippen molar-refractivity contribution < 1.29 is 4.74 Å². The van der Waals surface area contributed by atoms with E-state index in [4.69, 9.17) is 10.5 Å². The van der Waals surface area contributed by atoms with E-state index in [1.807, 2.05) is 26.0 Å². The zero-order valence-corrected chi connectivity index (χ0v) is 13.3. The van der Waals surface area contributed by atoms with E-state index in [0.717, 1.165) is 15.4 Å². The van der Waals surface area contributed by atoms with Crippen molar-refractivity contribution in [3.05, 3.63) is 61.0 Å². The number of nitrogens with zero attached hydrogens (tertiary/aromatic N) is 2. The van der Waals surface area contributed by atoms with Crippen LogP contribution in [0.2, 0.25) is 0 Å². The summed E-state index contributed by atoms with van der Waals surface area (Å²) in [6, 6.07) is 7.79. The Labute approximate surface area is 131 Å². The highest BCUT2D eigenvalue weighted by Gasteiger charge is 2.34. The highest BCUT2D eigenvalue weighted by atomic mass is 32.1. The van der Waals surface area contributed by atoms with Crippen LogP contribution in [-0.4, -0.2) is 4.57 Å². The van der Waals surface area contributed by atoms with Crippen LogP contribution >= 0.6 is 11.3 Å². The van der Waals surface area contributed by atoms with Gasteiger partial charge in [0.2, 0.25) is 5.88 Å². The SMILES string of the molecule is Cc1ccc([C@@H]2C(C#N)=C(N)Oc3cc(C)n(C)c(=O)c32)s1. The molecule has 0 bridgehead atoms. The summed E-state index contributed by atoms with van der Waals surface area (Å²) in [6.45, 7) is 3.82. The molecule has 2 aromatic heterocycles. The maximum Gasteiger partial charge on any atom is 0.258 e. The molecule has 0 spiro atoms. The van der Waals surface area contributed by atoms with Gasteiger partial charge in [-0.05, 0) is 26.0 Å². The van der Waals surface area contributed by atoms with E-state index >= 15 is 0 Å². The van der Waals surface area contributed by atoms with Crippen molar-refractivity contribution in [2.75, 3.05) is 0 Å². The predicted octanol–water partition coefficient (Wildman–Crippen LogP) is 2.28. The predicted molar refractivity (Wildman–Crippen MR) is 84.8 cm³/mol. The number of hydrogen-bond acceptors (Lipinski definition) is 5. The lowest BCUT2D eigenvalue weighted by Gasteiger charge is -2.25. The van der Waals surface area contributed by atoms with Crippen molar-refractivity contribution >= 4 is 11.3 Å². The fraction of sp³-hybridized carbons (Fsp3) is 0.250. The quantitative estimate of drug-likeness (QED) is 0.876. The Hall–Kier alpha value is -2.52. The fourth-order valence-electron chi connectivity index (χ4n) is 2.63. The average molecular weight is 313 g/mol. The van der Waals surface area contributed by atoms with Crippen molar-refractivity contribution in [2.45, 2.75) is 19.8 Å². The molecule has 0 radical (unpaired) electrons. The van der Waals surface area contributed by atoms with Crippen LogP contribution in [0.4, 0.5) is 0 Å². The third-order valence-electron chi connectivity index (χ3n) is 3.90. The summed E-state index contributed by atoms with van der Waals surface area (Å²) in [5.74, 6) is 0.0404. The van der Waals surface area contributed by atoms with Crippen LogP contribution < -0.4 is 16.0 Å². The van der Waals surface area contributed by atoms with Gasteiger partial charge >= 0.3 is 0 Å². The summed E-state index contributed by atoms with van der Waals surface area (Å²) in [7, 11) is 1.71. The topological polar surface area (TPSA) is 81.0 Å². The number of ether oxygens (including phenoxy) is 1. The van der Waals surface area contributed by atoms with E-state index in [-0.39, 0.29) is 17.0 Å². The van der Waals surface area contributed by atoms with E-state index in [1.54, 1.807) is 29.0 Å². The first-order valence-electron chi connectivity index (χ1n) is 6.78. The third kappa shape index (κ3) is 2.02. The molecule has 1 aliphatic heterocycles. The number of thiophene rings is 1. The molecule has 6 heteroatoms. The molecule has 0 saturated carbocycles. The van der Waals surface area contributed by atoms with Gasteiger partial charge in [0.1, 0.15) is 17.4 Å². The Balaban J connectivity index is 2.35. The molecule has 3 rings (SSSR count). The second-order valence-electron chi connectivity index (χ2n) is 5.30. The number of aromatic nitrogens is 1. The molecule has 1 aliphatic rings. The van der Waals surface area contributed by atoms with Gasteiger partial charge in [-0.1, -0.05) is 0 Å². The highest BCUT2D eigenvalue weighted by Crippen LogP contribution is 2.42. The maximum absolute atomic E-state index is 12.7. The highest BCUT2D eigenvalue weighted by molar-refractivity contribution is 7.12. The van der Waals surface area contributed by atoms with Crippen LogP contribution in [0.5, 0.6) is 5.75 Å². The molecule has 112 valence electrons. The van der Waals surface area contributed by atoms with Crippen molar-refractivity contribution in [3.63, 3.8) is 0 Å². The van der Waals surface area contributed by atoms with Crippen molar-refractivity contribution in [1.82, 2.24) is 4.57 Å². The van der Waals surface area contributed by atoms with Crippen molar-refractivity contribution in [3.8, 4) is 11.8 Å². The number of rotatable bonds is 1. The Bertz CT molecular complexity index is 899. The second kappa shape index (κ2) is 5.04. The van der Waals surface area contributed by atoms with Gasteiger partial charge in [-0.15, -0.1) is 11.3 Å². The number of nitriles is 1. The van der Waals surface area contributed by atoms with E-state index < -0.39 is 5.92 Å². The van der Waals surface area contributed by atoms with Crippen LogP contribution in [0, 0.1) is 25.2 Å². The van der Waals surface area contributed by atoms with Gasteiger partial charge < -0.3 is 15.0 Å². The minimum Gasteiger partial charge on any atom is -0.440 e. The first kappa shape index (κ1) is 14.4. The summed E-state index contributed by atoms with van der Waals surface area (Å²) >= 11 is 1.55. The van der Waals surface area contributed by atoms with E-state index in [2.05, 4.69) is 6.07 Å². The van der Waals surface area contributed by atoms with Gasteiger partial charge in [0.15, 0.2) is 0 Å². The molecule has 2 aromatic rings. The first-order chi connectivity index (χ1) is 10.4. The Morgan fingerprint density at radius 2 is 2.14 bits per heavy atom. The minimum atomic E-state index is -0.466. The molecule has 3 heterocycles. The molecule has 0 unspecified atom stereocenters. The molecule has 0 saturated heterocycles. The largest absolute Gasteiger partial charge is 0.440 e. The molecule has 2 N–H and O–H groups in total. The normalized spacial score (nSPS) is 16.9. The van der Waals surface area contributed by atoms with Crippen molar-refractivity contribution in [2.24, 2.45) is 12.8 Å². The Morgan fingerprint density at radius 3 is 2.73 bits per heavy atom. The molecule has 5 nitrogen and oxygen atoms in total.